The van der Waals surface area contributed by atoms with Gasteiger partial charge in [0.1, 0.15) is 0 Å². The van der Waals surface area contributed by atoms with E-state index in [0.29, 0.717) is 18.0 Å². The quantitative estimate of drug-likeness (QED) is 0.846. The monoisotopic (exact) mass is 361 g/mol. The van der Waals surface area contributed by atoms with Crippen molar-refractivity contribution in [1.82, 2.24) is 10.2 Å². The molecule has 0 unspecified atom stereocenters. The summed E-state index contributed by atoms with van der Waals surface area (Å²) in [4.78, 5) is 27.7. The van der Waals surface area contributed by atoms with Crippen LogP contribution in [0.25, 0.3) is 0 Å². The molecule has 0 spiro atoms. The highest BCUT2D eigenvalue weighted by molar-refractivity contribution is 8.00. The average molecular weight is 362 g/mol. The number of piperidine rings is 1. The number of thioether (sulfide) groups is 1. The van der Waals surface area contributed by atoms with Gasteiger partial charge in [-0.15, -0.1) is 11.8 Å². The predicted molar refractivity (Wildman–Crippen MR) is 102 cm³/mol. The fraction of sp³-hybridized carbons (Fsp3) is 0.579. The molecule has 1 aromatic rings. The Kier molecular flexibility index (Phi) is 6.02. The normalized spacial score (nSPS) is 22.0. The summed E-state index contributed by atoms with van der Waals surface area (Å²) < 4.78 is 0. The summed E-state index contributed by atoms with van der Waals surface area (Å²) in [5.74, 6) is 0.340. The molecule has 136 valence electrons. The predicted octanol–water partition coefficient (Wildman–Crippen LogP) is 2.97. The van der Waals surface area contributed by atoms with Gasteiger partial charge in [-0.3, -0.25) is 9.59 Å². The third-order valence-electron chi connectivity index (χ3n) is 4.80. The molecule has 2 aliphatic rings. The number of carbonyl (C=O) groups is 2. The minimum absolute atomic E-state index is 0.00906. The molecule has 5 nitrogen and oxygen atoms in total. The van der Waals surface area contributed by atoms with E-state index in [1.54, 1.807) is 6.07 Å². The van der Waals surface area contributed by atoms with E-state index < -0.39 is 0 Å². The number of rotatable bonds is 5. The highest BCUT2D eigenvalue weighted by Crippen LogP contribution is 2.35. The van der Waals surface area contributed by atoms with E-state index in [9.17, 15) is 9.59 Å². The van der Waals surface area contributed by atoms with Crippen LogP contribution in [0.3, 0.4) is 0 Å². The first-order chi connectivity index (χ1) is 12.0. The second kappa shape index (κ2) is 8.23. The Bertz CT molecular complexity index is 644. The van der Waals surface area contributed by atoms with Gasteiger partial charge in [-0.1, -0.05) is 13.3 Å². The van der Waals surface area contributed by atoms with Crippen LogP contribution in [0, 0.1) is 5.92 Å². The number of likely N-dealkylation sites (tertiary alicyclic amines) is 1. The highest BCUT2D eigenvalue weighted by atomic mass is 32.2. The van der Waals surface area contributed by atoms with Crippen molar-refractivity contribution >= 4 is 29.3 Å². The molecule has 0 aliphatic carbocycles. The van der Waals surface area contributed by atoms with Crippen molar-refractivity contribution in [3.8, 4) is 0 Å². The minimum atomic E-state index is -0.0946. The summed E-state index contributed by atoms with van der Waals surface area (Å²) in [5, 5.41) is 5.81. The molecule has 2 amide bonds. The van der Waals surface area contributed by atoms with Gasteiger partial charge in [-0.2, -0.15) is 0 Å². The van der Waals surface area contributed by atoms with Crippen molar-refractivity contribution in [2.75, 3.05) is 31.5 Å². The minimum Gasteiger partial charge on any atom is -0.352 e. The zero-order chi connectivity index (χ0) is 17.8. The lowest BCUT2D eigenvalue weighted by Crippen LogP contribution is -2.38. The van der Waals surface area contributed by atoms with Crippen LogP contribution in [-0.4, -0.2) is 48.1 Å². The number of fused-ring (bicyclic) bond motifs is 1. The molecule has 25 heavy (non-hydrogen) atoms. The molecule has 1 aromatic carbocycles. The van der Waals surface area contributed by atoms with Crippen molar-refractivity contribution in [3.63, 3.8) is 0 Å². The van der Waals surface area contributed by atoms with Crippen molar-refractivity contribution in [1.29, 1.82) is 0 Å². The molecule has 2 heterocycles. The fourth-order valence-electron chi connectivity index (χ4n) is 3.37. The molecule has 0 saturated carbocycles. The lowest BCUT2D eigenvalue weighted by atomic mass is 10.1. The Hall–Kier alpha value is -1.53. The standard InChI is InChI=1S/C19H27N3O2S/c1-13(12-22-8-4-3-5-9-22)11-20-19(24)15-6-7-17-16(10-15)21-18(23)14(2)25-17/h6-7,10,13-14H,3-5,8-9,11-12H2,1-2H3,(H,20,24)(H,21,23)/t13-,14-/m1/s1. The van der Waals surface area contributed by atoms with E-state index in [1.165, 1.54) is 44.1 Å². The van der Waals surface area contributed by atoms with Gasteiger partial charge in [-0.25, -0.2) is 0 Å². The van der Waals surface area contributed by atoms with Crippen molar-refractivity contribution in [3.05, 3.63) is 23.8 Å². The largest absolute Gasteiger partial charge is 0.352 e. The van der Waals surface area contributed by atoms with E-state index in [2.05, 4.69) is 22.5 Å². The van der Waals surface area contributed by atoms with Crippen molar-refractivity contribution < 1.29 is 9.59 Å². The van der Waals surface area contributed by atoms with Crippen LogP contribution in [0.15, 0.2) is 23.1 Å². The van der Waals surface area contributed by atoms with Gasteiger partial charge in [0.05, 0.1) is 10.9 Å². The molecular weight excluding hydrogens is 334 g/mol. The number of nitrogens with zero attached hydrogens (tertiary/aromatic N) is 1. The van der Waals surface area contributed by atoms with E-state index in [-0.39, 0.29) is 17.1 Å². The van der Waals surface area contributed by atoms with Gasteiger partial charge in [0, 0.05) is 23.5 Å². The second-order valence-electron chi connectivity index (χ2n) is 7.14. The van der Waals surface area contributed by atoms with Gasteiger partial charge in [0.15, 0.2) is 0 Å². The van der Waals surface area contributed by atoms with Crippen molar-refractivity contribution in [2.45, 2.75) is 43.3 Å². The zero-order valence-electron chi connectivity index (χ0n) is 15.0. The first-order valence-electron chi connectivity index (χ1n) is 9.15. The number of hydrogen-bond donors (Lipinski definition) is 2. The van der Waals surface area contributed by atoms with E-state index in [4.69, 9.17) is 0 Å². The fourth-order valence-corrected chi connectivity index (χ4v) is 4.30. The molecule has 2 aliphatic heterocycles. The van der Waals surface area contributed by atoms with Crippen molar-refractivity contribution in [2.24, 2.45) is 5.92 Å². The van der Waals surface area contributed by atoms with Crippen LogP contribution in [0.4, 0.5) is 5.69 Å². The Morgan fingerprint density at radius 2 is 2.12 bits per heavy atom. The van der Waals surface area contributed by atoms with Gasteiger partial charge in [-0.05, 0) is 57.0 Å². The number of benzene rings is 1. The second-order valence-corrected chi connectivity index (χ2v) is 8.52. The molecular formula is C19H27N3O2S. The van der Waals surface area contributed by atoms with E-state index in [1.807, 2.05) is 19.1 Å². The Morgan fingerprint density at radius 3 is 2.88 bits per heavy atom. The maximum atomic E-state index is 12.4. The van der Waals surface area contributed by atoms with Gasteiger partial charge in [0.25, 0.3) is 5.91 Å². The van der Waals surface area contributed by atoms with Crippen LogP contribution in [0.2, 0.25) is 0 Å². The molecule has 0 aromatic heterocycles. The Morgan fingerprint density at radius 1 is 1.36 bits per heavy atom. The molecule has 1 saturated heterocycles. The summed E-state index contributed by atoms with van der Waals surface area (Å²) in [6, 6.07) is 5.53. The Balaban J connectivity index is 1.53. The molecule has 0 radical (unpaired) electrons. The zero-order valence-corrected chi connectivity index (χ0v) is 15.8. The third kappa shape index (κ3) is 4.76. The number of anilines is 1. The summed E-state index contributed by atoms with van der Waals surface area (Å²) in [6.07, 6.45) is 3.92. The summed E-state index contributed by atoms with van der Waals surface area (Å²) in [5.41, 5.74) is 1.33. The molecule has 6 heteroatoms. The lowest BCUT2D eigenvalue weighted by Gasteiger charge is -2.29. The lowest BCUT2D eigenvalue weighted by molar-refractivity contribution is -0.115. The van der Waals surface area contributed by atoms with Crippen LogP contribution >= 0.6 is 11.8 Å². The first kappa shape index (κ1) is 18.3. The summed E-state index contributed by atoms with van der Waals surface area (Å²) in [7, 11) is 0. The number of amides is 2. The smallest absolute Gasteiger partial charge is 0.251 e. The maximum Gasteiger partial charge on any atom is 0.251 e. The number of carbonyl (C=O) groups excluding carboxylic acids is 2. The van der Waals surface area contributed by atoms with Crippen LogP contribution < -0.4 is 10.6 Å². The molecule has 2 N–H and O–H groups in total. The van der Waals surface area contributed by atoms with E-state index in [0.717, 1.165) is 17.1 Å². The molecule has 1 fully saturated rings. The molecule has 2 atom stereocenters. The van der Waals surface area contributed by atoms with E-state index >= 15 is 0 Å². The number of nitrogens with one attached hydrogen (secondary N) is 2. The van der Waals surface area contributed by atoms with Gasteiger partial charge in [0.2, 0.25) is 5.91 Å². The average Bonchev–Trinajstić information content (AvgIpc) is 2.61. The number of hydrogen-bond acceptors (Lipinski definition) is 4. The van der Waals surface area contributed by atoms with Gasteiger partial charge >= 0.3 is 0 Å². The van der Waals surface area contributed by atoms with Crippen LogP contribution in [0.5, 0.6) is 0 Å². The third-order valence-corrected chi connectivity index (χ3v) is 5.98. The van der Waals surface area contributed by atoms with Crippen LogP contribution in [0.1, 0.15) is 43.5 Å². The SMILES string of the molecule is C[C@H](CNC(=O)c1ccc2c(c1)NC(=O)[C@@H](C)S2)CN1CCCCC1. The summed E-state index contributed by atoms with van der Waals surface area (Å²) in [6.45, 7) is 8.13. The topological polar surface area (TPSA) is 61.4 Å². The first-order valence-corrected chi connectivity index (χ1v) is 10.0. The van der Waals surface area contributed by atoms with Gasteiger partial charge < -0.3 is 15.5 Å². The highest BCUT2D eigenvalue weighted by Gasteiger charge is 2.24. The Labute approximate surface area is 153 Å². The van der Waals surface area contributed by atoms with Crippen LogP contribution in [-0.2, 0) is 4.79 Å². The summed E-state index contributed by atoms with van der Waals surface area (Å²) >= 11 is 1.53. The molecule has 3 rings (SSSR count). The maximum absolute atomic E-state index is 12.4. The molecule has 0 bridgehead atoms.